The van der Waals surface area contributed by atoms with Crippen LogP contribution in [0.2, 0.25) is 0 Å². The molecule has 0 fully saturated rings. The number of aryl methyl sites for hydroxylation is 1. The number of halogens is 1. The van der Waals surface area contributed by atoms with Crippen molar-refractivity contribution in [2.75, 3.05) is 13.7 Å². The molecule has 0 aliphatic rings. The molecule has 3 rings (SSSR count). The molecule has 3 aromatic rings. The number of carbonyl (C=O) groups is 1. The van der Waals surface area contributed by atoms with Crippen molar-refractivity contribution in [1.29, 1.82) is 0 Å². The molecular weight excluding hydrogens is 433 g/mol. The first kappa shape index (κ1) is 27.0. The van der Waals surface area contributed by atoms with Crippen LogP contribution in [0.15, 0.2) is 48.9 Å². The van der Waals surface area contributed by atoms with Crippen LogP contribution >= 0.6 is 0 Å². The monoisotopic (exact) mass is 469 g/mol. The highest BCUT2D eigenvalue weighted by Gasteiger charge is 2.29. The summed E-state index contributed by atoms with van der Waals surface area (Å²) in [5.74, 6) is -0.0160. The first-order valence-electron chi connectivity index (χ1n) is 11.9. The standard InChI is InChI=1S/C24H30FN5O2.C2H6/c1-5-7-18(16-32-23-11-9-19(25)15-26-23)21(6-2)29(4)24(31)20-14-17(3)8-10-22(20)30-27-12-13-28-30;1-2/h8-15,18,21H,5-7,16H2,1-4H3;1-2H3. The van der Waals surface area contributed by atoms with Gasteiger partial charge in [0.05, 0.1) is 36.4 Å². The zero-order valence-corrected chi connectivity index (χ0v) is 21.0. The third-order valence-electron chi connectivity index (χ3n) is 5.60. The number of ether oxygens (including phenoxy) is 1. The van der Waals surface area contributed by atoms with Crippen molar-refractivity contribution in [3.05, 3.63) is 65.9 Å². The van der Waals surface area contributed by atoms with E-state index in [2.05, 4.69) is 29.0 Å². The number of aromatic nitrogens is 4. The Morgan fingerprint density at radius 3 is 2.44 bits per heavy atom. The third kappa shape index (κ3) is 6.85. The highest BCUT2D eigenvalue weighted by molar-refractivity contribution is 5.98. The summed E-state index contributed by atoms with van der Waals surface area (Å²) in [4.78, 5) is 20.8. The van der Waals surface area contributed by atoms with E-state index in [0.29, 0.717) is 23.7 Å². The van der Waals surface area contributed by atoms with Crippen molar-refractivity contribution in [3.8, 4) is 11.6 Å². The lowest BCUT2D eigenvalue weighted by Crippen LogP contribution is -2.44. The van der Waals surface area contributed by atoms with Crippen LogP contribution in [0.25, 0.3) is 5.69 Å². The first-order valence-corrected chi connectivity index (χ1v) is 11.9. The van der Waals surface area contributed by atoms with Crippen LogP contribution < -0.4 is 4.74 Å². The van der Waals surface area contributed by atoms with Crippen LogP contribution in [-0.2, 0) is 0 Å². The normalized spacial score (nSPS) is 12.3. The Balaban J connectivity index is 0.00000199. The van der Waals surface area contributed by atoms with Crippen molar-refractivity contribution in [2.45, 2.75) is 59.9 Å². The van der Waals surface area contributed by atoms with Gasteiger partial charge in [-0.1, -0.05) is 45.7 Å². The van der Waals surface area contributed by atoms with Crippen LogP contribution in [0, 0.1) is 18.7 Å². The van der Waals surface area contributed by atoms with Gasteiger partial charge in [0.1, 0.15) is 5.82 Å². The summed E-state index contributed by atoms with van der Waals surface area (Å²) in [5, 5.41) is 8.40. The van der Waals surface area contributed by atoms with Crippen molar-refractivity contribution < 1.29 is 13.9 Å². The highest BCUT2D eigenvalue weighted by Crippen LogP contribution is 2.24. The number of nitrogens with zero attached hydrogens (tertiary/aromatic N) is 5. The molecule has 2 unspecified atom stereocenters. The summed E-state index contributed by atoms with van der Waals surface area (Å²) in [5.41, 5.74) is 2.19. The molecule has 0 radical (unpaired) electrons. The number of hydrogen-bond donors (Lipinski definition) is 0. The zero-order valence-electron chi connectivity index (χ0n) is 21.0. The SMILES string of the molecule is CC.CCCC(COc1ccc(F)cn1)C(CC)N(C)C(=O)c1cc(C)ccc1-n1nccn1. The fourth-order valence-electron chi connectivity index (χ4n) is 4.00. The van der Waals surface area contributed by atoms with Crippen LogP contribution in [0.4, 0.5) is 4.39 Å². The molecule has 0 N–H and O–H groups in total. The molecule has 0 bridgehead atoms. The lowest BCUT2D eigenvalue weighted by molar-refractivity contribution is 0.0603. The molecule has 2 atom stereocenters. The maximum absolute atomic E-state index is 13.6. The number of hydrogen-bond acceptors (Lipinski definition) is 5. The van der Waals surface area contributed by atoms with E-state index in [4.69, 9.17) is 4.74 Å². The van der Waals surface area contributed by atoms with Gasteiger partial charge in [0.15, 0.2) is 0 Å². The molecule has 0 spiro atoms. The quantitative estimate of drug-likeness (QED) is 0.393. The van der Waals surface area contributed by atoms with Gasteiger partial charge in [-0.2, -0.15) is 15.0 Å². The maximum atomic E-state index is 13.6. The van der Waals surface area contributed by atoms with Crippen LogP contribution in [0.3, 0.4) is 0 Å². The van der Waals surface area contributed by atoms with Crippen LogP contribution in [0.5, 0.6) is 5.88 Å². The van der Waals surface area contributed by atoms with Crippen molar-refractivity contribution in [1.82, 2.24) is 24.9 Å². The maximum Gasteiger partial charge on any atom is 0.256 e. The molecule has 1 amide bonds. The largest absolute Gasteiger partial charge is 0.477 e. The summed E-state index contributed by atoms with van der Waals surface area (Å²) >= 11 is 0. The van der Waals surface area contributed by atoms with E-state index in [0.717, 1.165) is 31.0 Å². The third-order valence-corrected chi connectivity index (χ3v) is 5.60. The second kappa shape index (κ2) is 13.4. The molecule has 1 aromatic carbocycles. The van der Waals surface area contributed by atoms with Gasteiger partial charge in [0.25, 0.3) is 5.91 Å². The molecule has 8 heteroatoms. The van der Waals surface area contributed by atoms with Crippen LogP contribution in [-0.4, -0.2) is 50.5 Å². The van der Waals surface area contributed by atoms with Gasteiger partial charge < -0.3 is 9.64 Å². The summed E-state index contributed by atoms with van der Waals surface area (Å²) in [6, 6.07) is 8.48. The Morgan fingerprint density at radius 1 is 1.15 bits per heavy atom. The lowest BCUT2D eigenvalue weighted by atomic mass is 9.92. The summed E-state index contributed by atoms with van der Waals surface area (Å²) in [6.07, 6.45) is 6.93. The predicted octanol–water partition coefficient (Wildman–Crippen LogP) is 5.48. The minimum atomic E-state index is -0.403. The second-order valence-corrected chi connectivity index (χ2v) is 7.91. The number of carbonyl (C=O) groups excluding carboxylic acids is 1. The van der Waals surface area contributed by atoms with Gasteiger partial charge in [-0.25, -0.2) is 9.37 Å². The minimum absolute atomic E-state index is 0.0400. The van der Waals surface area contributed by atoms with E-state index < -0.39 is 5.82 Å². The van der Waals surface area contributed by atoms with Gasteiger partial charge in [-0.3, -0.25) is 4.79 Å². The van der Waals surface area contributed by atoms with E-state index in [1.54, 1.807) is 17.3 Å². The molecule has 184 valence electrons. The highest BCUT2D eigenvalue weighted by atomic mass is 19.1. The Bertz CT molecular complexity index is 1010. The van der Waals surface area contributed by atoms with Gasteiger partial charge in [-0.05, 0) is 38.0 Å². The molecule has 0 aliphatic heterocycles. The molecule has 2 heterocycles. The van der Waals surface area contributed by atoms with Gasteiger partial charge in [0, 0.05) is 25.1 Å². The molecule has 2 aromatic heterocycles. The van der Waals surface area contributed by atoms with E-state index >= 15 is 0 Å². The van der Waals surface area contributed by atoms with Crippen molar-refractivity contribution in [2.24, 2.45) is 5.92 Å². The number of amides is 1. The fraction of sp³-hybridized carbons (Fsp3) is 0.462. The lowest BCUT2D eigenvalue weighted by Gasteiger charge is -2.34. The smallest absolute Gasteiger partial charge is 0.256 e. The minimum Gasteiger partial charge on any atom is -0.477 e. The number of rotatable bonds is 10. The molecule has 7 nitrogen and oxygen atoms in total. The Morgan fingerprint density at radius 2 is 1.85 bits per heavy atom. The first-order chi connectivity index (χ1) is 16.4. The Kier molecular flexibility index (Phi) is 10.6. The molecule has 0 saturated heterocycles. The molecule has 0 aliphatic carbocycles. The van der Waals surface area contributed by atoms with E-state index in [1.165, 1.54) is 16.9 Å². The van der Waals surface area contributed by atoms with Crippen molar-refractivity contribution in [3.63, 3.8) is 0 Å². The number of pyridine rings is 1. The Hall–Kier alpha value is -3.29. The Labute approximate surface area is 202 Å². The van der Waals surface area contributed by atoms with Gasteiger partial charge in [0.2, 0.25) is 5.88 Å². The molecule has 0 saturated carbocycles. The summed E-state index contributed by atoms with van der Waals surface area (Å²) in [6.45, 7) is 10.5. The molecule has 34 heavy (non-hydrogen) atoms. The van der Waals surface area contributed by atoms with Crippen LogP contribution in [0.1, 0.15) is 62.9 Å². The van der Waals surface area contributed by atoms with Gasteiger partial charge in [-0.15, -0.1) is 0 Å². The van der Waals surface area contributed by atoms with E-state index in [-0.39, 0.29) is 17.9 Å². The summed E-state index contributed by atoms with van der Waals surface area (Å²) in [7, 11) is 1.83. The summed E-state index contributed by atoms with van der Waals surface area (Å²) < 4.78 is 19.0. The zero-order chi connectivity index (χ0) is 25.1. The van der Waals surface area contributed by atoms with E-state index in [9.17, 15) is 9.18 Å². The fourth-order valence-corrected chi connectivity index (χ4v) is 4.00. The van der Waals surface area contributed by atoms with Gasteiger partial charge >= 0.3 is 0 Å². The van der Waals surface area contributed by atoms with E-state index in [1.807, 2.05) is 46.0 Å². The average Bonchev–Trinajstić information content (AvgIpc) is 3.39. The van der Waals surface area contributed by atoms with Crippen molar-refractivity contribution >= 4 is 5.91 Å². The predicted molar refractivity (Wildman–Crippen MR) is 132 cm³/mol. The molecular formula is C26H36FN5O2. The average molecular weight is 470 g/mol. The topological polar surface area (TPSA) is 73.1 Å². The number of benzene rings is 1. The second-order valence-electron chi connectivity index (χ2n) is 7.91.